The normalized spacial score (nSPS) is 12.8. The molecule has 0 unspecified atom stereocenters. The minimum Gasteiger partial charge on any atom is -0.484 e. The number of benzene rings is 1. The lowest BCUT2D eigenvalue weighted by atomic mass is 9.87. The minimum atomic E-state index is -0.430. The highest BCUT2D eigenvalue weighted by Crippen LogP contribution is 2.20. The topological polar surface area (TPSA) is 58.6 Å². The van der Waals surface area contributed by atoms with Gasteiger partial charge in [-0.2, -0.15) is 0 Å². The molecule has 0 aliphatic rings. The molecule has 0 saturated carbocycles. The Labute approximate surface area is 121 Å². The van der Waals surface area contributed by atoms with Gasteiger partial charge in [-0.15, -0.1) is 0 Å². The molecule has 4 nitrogen and oxygen atoms in total. The Morgan fingerprint density at radius 1 is 1.30 bits per heavy atom. The van der Waals surface area contributed by atoms with Crippen molar-refractivity contribution in [1.82, 2.24) is 5.32 Å². The van der Waals surface area contributed by atoms with Crippen LogP contribution in [0, 0.1) is 12.3 Å². The predicted octanol–water partition coefficient (Wildman–Crippen LogP) is 2.29. The average Bonchev–Trinajstić information content (AvgIpc) is 2.37. The monoisotopic (exact) mass is 279 g/mol. The van der Waals surface area contributed by atoms with Gasteiger partial charge in [-0.05, 0) is 30.9 Å². The third kappa shape index (κ3) is 6.06. The van der Waals surface area contributed by atoms with E-state index in [0.717, 1.165) is 5.56 Å². The van der Waals surface area contributed by atoms with Crippen LogP contribution in [0.3, 0.4) is 0 Å². The first-order valence-electron chi connectivity index (χ1n) is 6.93. The molecule has 0 aliphatic heterocycles. The van der Waals surface area contributed by atoms with Gasteiger partial charge in [0.1, 0.15) is 5.75 Å². The number of carbonyl (C=O) groups is 1. The summed E-state index contributed by atoms with van der Waals surface area (Å²) in [5, 5.41) is 12.6. The standard InChI is InChI=1S/C16H25NO3/c1-12-5-7-13(8-6-12)20-11-15(19)17-10-9-14(18)16(2,3)4/h5-8,14,18H,9-11H2,1-4H3,(H,17,19)/t14-/m1/s1. The minimum absolute atomic E-state index is 0.00528. The van der Waals surface area contributed by atoms with Gasteiger partial charge in [0.25, 0.3) is 5.91 Å². The van der Waals surface area contributed by atoms with Crippen LogP contribution in [0.1, 0.15) is 32.8 Å². The van der Waals surface area contributed by atoms with Crippen LogP contribution in [-0.4, -0.2) is 30.3 Å². The van der Waals surface area contributed by atoms with E-state index in [1.165, 1.54) is 0 Å². The highest BCUT2D eigenvalue weighted by atomic mass is 16.5. The van der Waals surface area contributed by atoms with Crippen LogP contribution in [0.25, 0.3) is 0 Å². The van der Waals surface area contributed by atoms with Crippen molar-refractivity contribution in [2.45, 2.75) is 40.2 Å². The van der Waals surface area contributed by atoms with Gasteiger partial charge >= 0.3 is 0 Å². The van der Waals surface area contributed by atoms with E-state index >= 15 is 0 Å². The fourth-order valence-corrected chi connectivity index (χ4v) is 1.62. The number of aliphatic hydroxyl groups is 1. The van der Waals surface area contributed by atoms with E-state index in [1.807, 2.05) is 52.0 Å². The number of carbonyl (C=O) groups excluding carboxylic acids is 1. The Morgan fingerprint density at radius 2 is 1.90 bits per heavy atom. The van der Waals surface area contributed by atoms with Crippen molar-refractivity contribution < 1.29 is 14.6 Å². The lowest BCUT2D eigenvalue weighted by Crippen LogP contribution is -2.34. The zero-order valence-corrected chi connectivity index (χ0v) is 12.8. The Hall–Kier alpha value is -1.55. The highest BCUT2D eigenvalue weighted by molar-refractivity contribution is 5.77. The number of aryl methyl sites for hydroxylation is 1. The van der Waals surface area contributed by atoms with Gasteiger partial charge < -0.3 is 15.2 Å². The summed E-state index contributed by atoms with van der Waals surface area (Å²) in [6, 6.07) is 7.55. The second kappa shape index (κ2) is 7.29. The van der Waals surface area contributed by atoms with Crippen LogP contribution in [0.2, 0.25) is 0 Å². The summed E-state index contributed by atoms with van der Waals surface area (Å²) in [7, 11) is 0. The summed E-state index contributed by atoms with van der Waals surface area (Å²) in [5.74, 6) is 0.507. The van der Waals surface area contributed by atoms with Crippen molar-refractivity contribution in [3.8, 4) is 5.75 Å². The lowest BCUT2D eigenvalue weighted by molar-refractivity contribution is -0.123. The molecule has 0 radical (unpaired) electrons. The lowest BCUT2D eigenvalue weighted by Gasteiger charge is -2.25. The first-order chi connectivity index (χ1) is 9.29. The summed E-state index contributed by atoms with van der Waals surface area (Å²) in [6.45, 7) is 8.36. The van der Waals surface area contributed by atoms with Crippen LogP contribution >= 0.6 is 0 Å². The molecule has 1 amide bonds. The van der Waals surface area contributed by atoms with Gasteiger partial charge in [0.15, 0.2) is 6.61 Å². The molecule has 0 bridgehead atoms. The average molecular weight is 279 g/mol. The van der Waals surface area contributed by atoms with E-state index in [2.05, 4.69) is 5.32 Å². The van der Waals surface area contributed by atoms with Gasteiger partial charge in [0, 0.05) is 6.54 Å². The molecule has 4 heteroatoms. The molecule has 1 rings (SSSR count). The van der Waals surface area contributed by atoms with Crippen molar-refractivity contribution >= 4 is 5.91 Å². The number of rotatable bonds is 6. The quantitative estimate of drug-likeness (QED) is 0.840. The maximum atomic E-state index is 11.6. The maximum absolute atomic E-state index is 11.6. The molecule has 0 fully saturated rings. The predicted molar refractivity (Wildman–Crippen MR) is 79.8 cm³/mol. The van der Waals surface area contributed by atoms with Crippen molar-refractivity contribution in [2.24, 2.45) is 5.41 Å². The number of hydrogen-bond donors (Lipinski definition) is 2. The molecule has 0 spiro atoms. The molecule has 0 aliphatic carbocycles. The second-order valence-corrected chi connectivity index (χ2v) is 6.12. The third-order valence-electron chi connectivity index (χ3n) is 3.13. The first kappa shape index (κ1) is 16.5. The van der Waals surface area contributed by atoms with Crippen LogP contribution in [0.4, 0.5) is 0 Å². The molecule has 1 aromatic carbocycles. The Balaban J connectivity index is 2.22. The number of ether oxygens (including phenoxy) is 1. The smallest absolute Gasteiger partial charge is 0.257 e. The first-order valence-corrected chi connectivity index (χ1v) is 6.93. The van der Waals surface area contributed by atoms with Crippen molar-refractivity contribution in [3.63, 3.8) is 0 Å². The van der Waals surface area contributed by atoms with E-state index in [9.17, 15) is 9.90 Å². The van der Waals surface area contributed by atoms with E-state index in [4.69, 9.17) is 4.74 Å². The summed E-state index contributed by atoms with van der Waals surface area (Å²) < 4.78 is 5.37. The van der Waals surface area contributed by atoms with Gasteiger partial charge in [-0.1, -0.05) is 38.5 Å². The van der Waals surface area contributed by atoms with Crippen LogP contribution in [0.15, 0.2) is 24.3 Å². The van der Waals surface area contributed by atoms with Gasteiger partial charge in [0.2, 0.25) is 0 Å². The van der Waals surface area contributed by atoms with Crippen LogP contribution in [0.5, 0.6) is 5.75 Å². The molecule has 0 saturated heterocycles. The van der Waals surface area contributed by atoms with Crippen molar-refractivity contribution in [1.29, 1.82) is 0 Å². The van der Waals surface area contributed by atoms with E-state index in [-0.39, 0.29) is 17.9 Å². The molecule has 1 atom stereocenters. The Kier molecular flexibility index (Phi) is 6.02. The van der Waals surface area contributed by atoms with Crippen LogP contribution in [-0.2, 0) is 4.79 Å². The zero-order chi connectivity index (χ0) is 15.2. The van der Waals surface area contributed by atoms with E-state index < -0.39 is 6.10 Å². The van der Waals surface area contributed by atoms with E-state index in [0.29, 0.717) is 18.7 Å². The number of hydrogen-bond acceptors (Lipinski definition) is 3. The molecular weight excluding hydrogens is 254 g/mol. The summed E-state index contributed by atoms with van der Waals surface area (Å²) >= 11 is 0. The third-order valence-corrected chi connectivity index (χ3v) is 3.13. The summed E-state index contributed by atoms with van der Waals surface area (Å²) in [4.78, 5) is 11.6. The highest BCUT2D eigenvalue weighted by Gasteiger charge is 2.21. The number of amides is 1. The van der Waals surface area contributed by atoms with Gasteiger partial charge in [-0.25, -0.2) is 0 Å². The van der Waals surface area contributed by atoms with Crippen LogP contribution < -0.4 is 10.1 Å². The fraction of sp³-hybridized carbons (Fsp3) is 0.562. The SMILES string of the molecule is Cc1ccc(OCC(=O)NCC[C@@H](O)C(C)(C)C)cc1. The molecular formula is C16H25NO3. The molecule has 1 aromatic rings. The zero-order valence-electron chi connectivity index (χ0n) is 12.8. The Bertz CT molecular complexity index is 420. The van der Waals surface area contributed by atoms with Crippen molar-refractivity contribution in [3.05, 3.63) is 29.8 Å². The Morgan fingerprint density at radius 3 is 2.45 bits per heavy atom. The molecule has 0 heterocycles. The van der Waals surface area contributed by atoms with E-state index in [1.54, 1.807) is 0 Å². The summed E-state index contributed by atoms with van der Waals surface area (Å²) in [5.41, 5.74) is 0.987. The van der Waals surface area contributed by atoms with Gasteiger partial charge in [0.05, 0.1) is 6.10 Å². The van der Waals surface area contributed by atoms with Crippen molar-refractivity contribution in [2.75, 3.05) is 13.2 Å². The molecule has 0 aromatic heterocycles. The largest absolute Gasteiger partial charge is 0.484 e. The number of aliphatic hydroxyl groups excluding tert-OH is 1. The number of nitrogens with one attached hydrogen (secondary N) is 1. The molecule has 20 heavy (non-hydrogen) atoms. The fourth-order valence-electron chi connectivity index (χ4n) is 1.62. The molecule has 112 valence electrons. The summed E-state index contributed by atoms with van der Waals surface area (Å²) in [6.07, 6.45) is 0.112. The van der Waals surface area contributed by atoms with Gasteiger partial charge in [-0.3, -0.25) is 4.79 Å². The molecule has 2 N–H and O–H groups in total. The second-order valence-electron chi connectivity index (χ2n) is 6.12. The maximum Gasteiger partial charge on any atom is 0.257 e.